The summed E-state index contributed by atoms with van der Waals surface area (Å²) >= 11 is 0. The lowest BCUT2D eigenvalue weighted by molar-refractivity contribution is -0.139. The number of epoxide rings is 1. The van der Waals surface area contributed by atoms with Gasteiger partial charge in [0.05, 0.1) is 23.5 Å². The summed E-state index contributed by atoms with van der Waals surface area (Å²) in [5.41, 5.74) is -0.0959. The summed E-state index contributed by atoms with van der Waals surface area (Å²) in [6.45, 7) is 6.02. The van der Waals surface area contributed by atoms with Crippen LogP contribution in [0.1, 0.15) is 26.2 Å². The van der Waals surface area contributed by atoms with E-state index in [1.165, 1.54) is 4.90 Å². The molecule has 0 aromatic carbocycles. The molecule has 0 radical (unpaired) electrons. The molecular weight excluding hydrogens is 218 g/mol. The Kier molecular flexibility index (Phi) is 2.20. The van der Waals surface area contributed by atoms with Gasteiger partial charge in [0.2, 0.25) is 11.8 Å². The second kappa shape index (κ2) is 3.42. The summed E-state index contributed by atoms with van der Waals surface area (Å²) < 4.78 is 5.70. The van der Waals surface area contributed by atoms with Gasteiger partial charge in [-0.3, -0.25) is 14.5 Å². The molecule has 0 N–H and O–H groups in total. The minimum atomic E-state index is -0.152. The Morgan fingerprint density at radius 3 is 2.82 bits per heavy atom. The van der Waals surface area contributed by atoms with Crippen LogP contribution in [0.5, 0.6) is 0 Å². The molecule has 0 bridgehead atoms. The smallest absolute Gasteiger partial charge is 0.233 e. The molecule has 2 saturated heterocycles. The minimum Gasteiger partial charge on any atom is -0.366 e. The van der Waals surface area contributed by atoms with Crippen molar-refractivity contribution in [1.82, 2.24) is 4.90 Å². The van der Waals surface area contributed by atoms with Crippen LogP contribution in [0.2, 0.25) is 0 Å². The third-order valence-electron chi connectivity index (χ3n) is 4.50. The third-order valence-corrected chi connectivity index (χ3v) is 4.50. The fourth-order valence-electron chi connectivity index (χ4n) is 3.41. The van der Waals surface area contributed by atoms with Gasteiger partial charge in [0, 0.05) is 6.54 Å². The van der Waals surface area contributed by atoms with E-state index >= 15 is 0 Å². The standard InChI is InChI=1S/C13H17NO3/c1-3-5-14-11(15)8-6-10-13(4-2,17-10)7-9(8)12(14)16/h3,8-10H,1,4-7H2,2H3. The zero-order valence-corrected chi connectivity index (χ0v) is 10.0. The molecule has 4 heteroatoms. The lowest BCUT2D eigenvalue weighted by Gasteiger charge is -2.23. The zero-order chi connectivity index (χ0) is 12.2. The van der Waals surface area contributed by atoms with Crippen LogP contribution in [0.15, 0.2) is 12.7 Å². The Labute approximate surface area is 101 Å². The Bertz CT molecular complexity index is 405. The number of carbonyl (C=O) groups is 2. The SMILES string of the molecule is C=CCN1C(=O)C2CC3OC3(CC)CC2C1=O. The maximum atomic E-state index is 12.2. The molecule has 0 spiro atoms. The van der Waals surface area contributed by atoms with Crippen molar-refractivity contribution in [2.45, 2.75) is 37.9 Å². The highest BCUT2D eigenvalue weighted by atomic mass is 16.6. The lowest BCUT2D eigenvalue weighted by Crippen LogP contribution is -2.33. The van der Waals surface area contributed by atoms with Crippen molar-refractivity contribution < 1.29 is 14.3 Å². The first kappa shape index (κ1) is 11.0. The van der Waals surface area contributed by atoms with Gasteiger partial charge in [0.25, 0.3) is 0 Å². The molecule has 2 heterocycles. The van der Waals surface area contributed by atoms with Gasteiger partial charge in [0.1, 0.15) is 0 Å². The Balaban J connectivity index is 1.84. The van der Waals surface area contributed by atoms with E-state index in [0.29, 0.717) is 6.54 Å². The van der Waals surface area contributed by atoms with E-state index in [0.717, 1.165) is 19.3 Å². The van der Waals surface area contributed by atoms with Gasteiger partial charge in [-0.15, -0.1) is 6.58 Å². The number of nitrogens with zero attached hydrogens (tertiary/aromatic N) is 1. The quantitative estimate of drug-likeness (QED) is 0.418. The molecule has 3 rings (SSSR count). The van der Waals surface area contributed by atoms with Crippen molar-refractivity contribution in [1.29, 1.82) is 0 Å². The zero-order valence-electron chi connectivity index (χ0n) is 10.0. The highest BCUT2D eigenvalue weighted by molar-refractivity contribution is 6.05. The fraction of sp³-hybridized carbons (Fsp3) is 0.692. The number of imide groups is 1. The van der Waals surface area contributed by atoms with Gasteiger partial charge >= 0.3 is 0 Å². The predicted octanol–water partition coefficient (Wildman–Crippen LogP) is 1.11. The number of hydrogen-bond donors (Lipinski definition) is 0. The van der Waals surface area contributed by atoms with E-state index in [-0.39, 0.29) is 35.4 Å². The van der Waals surface area contributed by atoms with Crippen LogP contribution in [0.25, 0.3) is 0 Å². The van der Waals surface area contributed by atoms with Gasteiger partial charge in [-0.25, -0.2) is 0 Å². The molecule has 4 atom stereocenters. The van der Waals surface area contributed by atoms with Crippen molar-refractivity contribution in [3.05, 3.63) is 12.7 Å². The summed E-state index contributed by atoms with van der Waals surface area (Å²) in [5, 5.41) is 0. The van der Waals surface area contributed by atoms with Gasteiger partial charge in [-0.05, 0) is 19.3 Å². The van der Waals surface area contributed by atoms with Crippen molar-refractivity contribution in [2.24, 2.45) is 11.8 Å². The van der Waals surface area contributed by atoms with Crippen LogP contribution in [0.4, 0.5) is 0 Å². The summed E-state index contributed by atoms with van der Waals surface area (Å²) in [7, 11) is 0. The summed E-state index contributed by atoms with van der Waals surface area (Å²) in [6.07, 6.45) is 4.19. The molecule has 0 aromatic rings. The number of ether oxygens (including phenoxy) is 1. The summed E-state index contributed by atoms with van der Waals surface area (Å²) in [4.78, 5) is 25.6. The van der Waals surface area contributed by atoms with Crippen molar-refractivity contribution in [3.63, 3.8) is 0 Å². The lowest BCUT2D eigenvalue weighted by atomic mass is 9.74. The van der Waals surface area contributed by atoms with E-state index in [2.05, 4.69) is 13.5 Å². The molecule has 2 aliphatic heterocycles. The Morgan fingerprint density at radius 1 is 1.47 bits per heavy atom. The average molecular weight is 235 g/mol. The number of carbonyl (C=O) groups excluding carboxylic acids is 2. The first-order valence-corrected chi connectivity index (χ1v) is 6.27. The minimum absolute atomic E-state index is 0.0262. The Morgan fingerprint density at radius 2 is 2.18 bits per heavy atom. The van der Waals surface area contributed by atoms with E-state index in [1.54, 1.807) is 6.08 Å². The number of fused-ring (bicyclic) bond motifs is 2. The van der Waals surface area contributed by atoms with Crippen LogP contribution in [-0.4, -0.2) is 35.0 Å². The van der Waals surface area contributed by atoms with Gasteiger partial charge in [-0.1, -0.05) is 13.0 Å². The average Bonchev–Trinajstić information content (AvgIpc) is 3.01. The molecule has 1 aliphatic carbocycles. The molecule has 3 aliphatic rings. The van der Waals surface area contributed by atoms with Crippen LogP contribution < -0.4 is 0 Å². The highest BCUT2D eigenvalue weighted by Gasteiger charge is 2.65. The van der Waals surface area contributed by atoms with E-state index in [9.17, 15) is 9.59 Å². The third kappa shape index (κ3) is 1.33. The predicted molar refractivity (Wildman–Crippen MR) is 61.0 cm³/mol. The first-order chi connectivity index (χ1) is 8.13. The second-order valence-corrected chi connectivity index (χ2v) is 5.25. The van der Waals surface area contributed by atoms with Crippen LogP contribution in [-0.2, 0) is 14.3 Å². The number of rotatable bonds is 3. The molecule has 4 unspecified atom stereocenters. The van der Waals surface area contributed by atoms with E-state index < -0.39 is 0 Å². The van der Waals surface area contributed by atoms with Gasteiger partial charge in [-0.2, -0.15) is 0 Å². The Hall–Kier alpha value is -1.16. The van der Waals surface area contributed by atoms with Gasteiger partial charge in [0.15, 0.2) is 0 Å². The highest BCUT2D eigenvalue weighted by Crippen LogP contribution is 2.55. The maximum Gasteiger partial charge on any atom is 0.233 e. The molecule has 4 nitrogen and oxygen atoms in total. The molecule has 3 fully saturated rings. The van der Waals surface area contributed by atoms with Crippen LogP contribution in [0.3, 0.4) is 0 Å². The number of likely N-dealkylation sites (tertiary alicyclic amines) is 1. The second-order valence-electron chi connectivity index (χ2n) is 5.25. The largest absolute Gasteiger partial charge is 0.366 e. The normalized spacial score (nSPS) is 43.4. The summed E-state index contributed by atoms with van der Waals surface area (Å²) in [5.74, 6) is -0.349. The molecule has 1 saturated carbocycles. The van der Waals surface area contributed by atoms with E-state index in [4.69, 9.17) is 4.74 Å². The monoisotopic (exact) mass is 235 g/mol. The van der Waals surface area contributed by atoms with Crippen LogP contribution in [0, 0.1) is 11.8 Å². The number of hydrogen-bond acceptors (Lipinski definition) is 3. The first-order valence-electron chi connectivity index (χ1n) is 6.27. The molecule has 17 heavy (non-hydrogen) atoms. The molecule has 0 aromatic heterocycles. The molecular formula is C13H17NO3. The molecule has 92 valence electrons. The van der Waals surface area contributed by atoms with E-state index in [1.807, 2.05) is 0 Å². The van der Waals surface area contributed by atoms with Crippen molar-refractivity contribution in [2.75, 3.05) is 6.54 Å². The number of amides is 2. The maximum absolute atomic E-state index is 12.2. The molecule has 2 amide bonds. The fourth-order valence-corrected chi connectivity index (χ4v) is 3.41. The van der Waals surface area contributed by atoms with Crippen molar-refractivity contribution >= 4 is 11.8 Å². The van der Waals surface area contributed by atoms with Crippen molar-refractivity contribution in [3.8, 4) is 0 Å². The van der Waals surface area contributed by atoms with Gasteiger partial charge < -0.3 is 4.74 Å². The topological polar surface area (TPSA) is 49.9 Å². The summed E-state index contributed by atoms with van der Waals surface area (Å²) in [6, 6.07) is 0. The van der Waals surface area contributed by atoms with Crippen LogP contribution >= 0.6 is 0 Å².